The summed E-state index contributed by atoms with van der Waals surface area (Å²) in [5, 5.41) is 13.6. The van der Waals surface area contributed by atoms with Crippen LogP contribution in [0.2, 0.25) is 0 Å². The number of carbonyl (C=O) groups excluding carboxylic acids is 2. The molecule has 0 bridgehead atoms. The van der Waals surface area contributed by atoms with Crippen LogP contribution >= 0.6 is 0 Å². The van der Waals surface area contributed by atoms with Gasteiger partial charge in [-0.15, -0.1) is 0 Å². The van der Waals surface area contributed by atoms with Crippen LogP contribution in [0.15, 0.2) is 0 Å². The predicted octanol–water partition coefficient (Wildman–Crippen LogP) is 6.03. The molecule has 0 aliphatic carbocycles. The fourth-order valence-electron chi connectivity index (χ4n) is 6.12. The molecule has 2 aliphatic heterocycles. The van der Waals surface area contributed by atoms with Gasteiger partial charge in [-0.25, -0.2) is 0 Å². The van der Waals surface area contributed by atoms with Crippen molar-refractivity contribution >= 4 is 11.9 Å². The van der Waals surface area contributed by atoms with E-state index in [1.54, 1.807) is 0 Å². The van der Waals surface area contributed by atoms with Crippen LogP contribution in [0.5, 0.6) is 0 Å². The van der Waals surface area contributed by atoms with Crippen LogP contribution in [0.3, 0.4) is 0 Å². The van der Waals surface area contributed by atoms with Crippen molar-refractivity contribution in [3.05, 3.63) is 16.5 Å². The number of hydrogen-bond acceptors (Lipinski definition) is 7. The van der Waals surface area contributed by atoms with Gasteiger partial charge >= 0.3 is 11.9 Å². The number of ether oxygens (including phenoxy) is 2. The first-order valence-electron chi connectivity index (χ1n) is 13.6. The minimum Gasteiger partial charge on any atom is -0.784 e. The van der Waals surface area contributed by atoms with Gasteiger partial charge in [0.05, 0.1) is 12.8 Å². The molecule has 0 atom stereocenters. The minimum atomic E-state index is -0.551. The minimum absolute atomic E-state index is 0.186. The molecule has 0 spiro atoms. The van der Waals surface area contributed by atoms with Crippen molar-refractivity contribution in [2.75, 3.05) is 0 Å². The Morgan fingerprint density at radius 1 is 0.806 bits per heavy atom. The number of nitrogens with zero attached hydrogens (tertiary/aromatic N) is 2. The second-order valence-corrected chi connectivity index (χ2v) is 13.3. The van der Waals surface area contributed by atoms with E-state index >= 15 is 0 Å². The number of hydrogen-bond donors (Lipinski definition) is 0. The highest BCUT2D eigenvalue weighted by Gasteiger charge is 2.54. The Bertz CT molecular complexity index is 751. The molecule has 0 amide bonds. The predicted molar refractivity (Wildman–Crippen MR) is 140 cm³/mol. The van der Waals surface area contributed by atoms with E-state index in [2.05, 4.69) is 0 Å². The van der Waals surface area contributed by atoms with Crippen molar-refractivity contribution in [2.24, 2.45) is 0 Å². The zero-order valence-corrected chi connectivity index (χ0v) is 23.9. The SMILES string of the molecule is CC1(C)CC(OC(=O)C[CH]CCCCCCC(=O)OC2CC(C)(C)[N+](=O)C(C)(C)C2)CC(C)(C)N1[O-]. The number of rotatable bonds is 11. The summed E-state index contributed by atoms with van der Waals surface area (Å²) in [5.41, 5.74) is -2.19. The first-order valence-corrected chi connectivity index (χ1v) is 13.6. The molecule has 2 heterocycles. The summed E-state index contributed by atoms with van der Waals surface area (Å²) in [6.07, 6.45) is 8.85. The Morgan fingerprint density at radius 2 is 1.28 bits per heavy atom. The Labute approximate surface area is 218 Å². The molecule has 0 aromatic rings. The van der Waals surface area contributed by atoms with E-state index in [0.29, 0.717) is 32.1 Å². The first kappa shape index (κ1) is 30.7. The van der Waals surface area contributed by atoms with Crippen LogP contribution in [0.4, 0.5) is 0 Å². The fourth-order valence-corrected chi connectivity index (χ4v) is 6.12. The molecule has 0 unspecified atom stereocenters. The second-order valence-electron chi connectivity index (χ2n) is 13.3. The van der Waals surface area contributed by atoms with Gasteiger partial charge in [-0.3, -0.25) is 9.59 Å². The maximum absolute atomic E-state index is 12.4. The molecular weight excluding hydrogens is 460 g/mol. The van der Waals surface area contributed by atoms with Crippen molar-refractivity contribution in [3.63, 3.8) is 0 Å². The second kappa shape index (κ2) is 11.9. The third-order valence-corrected chi connectivity index (χ3v) is 7.55. The number of hydroxylamine groups is 2. The third kappa shape index (κ3) is 8.51. The van der Waals surface area contributed by atoms with E-state index in [4.69, 9.17) is 9.47 Å². The standard InChI is InChI=1S/C28H49N2O6/c1-25(2)17-21(18-26(3,4)29(25)33)35-23(31)15-13-11-9-10-12-14-16-24(32)36-22-19-27(5,6)30(34)28(7,8)20-22/h13,21-22H,9-12,14-20H2,1-8H3. The molecule has 36 heavy (non-hydrogen) atoms. The molecule has 2 aliphatic rings. The van der Waals surface area contributed by atoms with Crippen LogP contribution in [-0.2, 0) is 19.1 Å². The van der Waals surface area contributed by atoms with E-state index in [1.165, 1.54) is 0 Å². The zero-order valence-electron chi connectivity index (χ0n) is 23.9. The lowest BCUT2D eigenvalue weighted by atomic mass is 9.80. The van der Waals surface area contributed by atoms with E-state index in [9.17, 15) is 19.7 Å². The summed E-state index contributed by atoms with van der Waals surface area (Å²) in [5.74, 6) is -0.419. The van der Waals surface area contributed by atoms with Crippen molar-refractivity contribution in [2.45, 2.75) is 160 Å². The highest BCUT2D eigenvalue weighted by molar-refractivity contribution is 5.71. The molecule has 2 rings (SSSR count). The fraction of sp³-hybridized carbons (Fsp3) is 0.893. The van der Waals surface area contributed by atoms with Gasteiger partial charge in [0.15, 0.2) is 0 Å². The number of nitroso groups, excluding NO2 is 1. The van der Waals surface area contributed by atoms with Gasteiger partial charge in [0.25, 0.3) is 0 Å². The maximum atomic E-state index is 12.4. The zero-order chi connectivity index (χ0) is 27.4. The molecule has 1 radical (unpaired) electrons. The molecule has 0 N–H and O–H groups in total. The smallest absolute Gasteiger partial charge is 0.306 e. The van der Waals surface area contributed by atoms with E-state index < -0.39 is 22.2 Å². The third-order valence-electron chi connectivity index (χ3n) is 7.55. The Kier molecular flexibility index (Phi) is 10.1. The van der Waals surface area contributed by atoms with Crippen LogP contribution < -0.4 is 0 Å². The van der Waals surface area contributed by atoms with Crippen LogP contribution in [0.25, 0.3) is 0 Å². The van der Waals surface area contributed by atoms with Gasteiger partial charge < -0.3 is 19.7 Å². The topological polar surface area (TPSA) is 99.0 Å². The number of carbonyl (C=O) groups is 2. The van der Waals surface area contributed by atoms with E-state index in [1.807, 2.05) is 61.8 Å². The van der Waals surface area contributed by atoms with Gasteiger partial charge in [-0.2, -0.15) is 0 Å². The van der Waals surface area contributed by atoms with E-state index in [-0.39, 0.29) is 30.6 Å². The Balaban J connectivity index is 1.55. The van der Waals surface area contributed by atoms with Crippen LogP contribution in [0.1, 0.15) is 126 Å². The molecule has 8 nitrogen and oxygen atoms in total. The summed E-state index contributed by atoms with van der Waals surface area (Å²) in [7, 11) is 0. The number of esters is 2. The molecule has 8 heteroatoms. The molecular formula is C28H49N2O6. The first-order chi connectivity index (χ1) is 16.5. The molecule has 207 valence electrons. The average molecular weight is 510 g/mol. The number of unbranched alkanes of at least 4 members (excludes halogenated alkanes) is 5. The monoisotopic (exact) mass is 509 g/mol. The maximum Gasteiger partial charge on any atom is 0.306 e. The molecule has 0 aromatic carbocycles. The molecule has 2 fully saturated rings. The lowest BCUT2D eigenvalue weighted by Crippen LogP contribution is -2.59. The molecule has 0 saturated carbocycles. The summed E-state index contributed by atoms with van der Waals surface area (Å²) in [6, 6.07) is 0. The number of piperidine rings is 2. The lowest BCUT2D eigenvalue weighted by molar-refractivity contribution is -0.695. The quantitative estimate of drug-likeness (QED) is 0.191. The van der Waals surface area contributed by atoms with Gasteiger partial charge in [0.1, 0.15) is 12.2 Å². The molecule has 0 aromatic heterocycles. The summed E-state index contributed by atoms with van der Waals surface area (Å²) in [4.78, 5) is 37.0. The van der Waals surface area contributed by atoms with Crippen molar-refractivity contribution in [1.82, 2.24) is 5.06 Å². The van der Waals surface area contributed by atoms with Gasteiger partial charge in [0.2, 0.25) is 11.1 Å². The summed E-state index contributed by atoms with van der Waals surface area (Å²) in [6.45, 7) is 15.2. The normalized spacial score (nSPS) is 23.9. The van der Waals surface area contributed by atoms with Gasteiger partial charge in [-0.05, 0) is 47.0 Å². The Morgan fingerprint density at radius 3 is 1.83 bits per heavy atom. The van der Waals surface area contributed by atoms with E-state index in [0.717, 1.165) is 41.9 Å². The highest BCUT2D eigenvalue weighted by atomic mass is 16.6. The van der Waals surface area contributed by atoms with Crippen LogP contribution in [0, 0.1) is 16.5 Å². The van der Waals surface area contributed by atoms with Crippen molar-refractivity contribution in [3.8, 4) is 0 Å². The van der Waals surface area contributed by atoms with Gasteiger partial charge in [-0.1, -0.05) is 19.3 Å². The lowest BCUT2D eigenvalue weighted by Gasteiger charge is -2.59. The van der Waals surface area contributed by atoms with Crippen molar-refractivity contribution < 1.29 is 23.8 Å². The largest absolute Gasteiger partial charge is 0.784 e. The highest BCUT2D eigenvalue weighted by Crippen LogP contribution is 2.39. The average Bonchev–Trinajstić information content (AvgIpc) is 2.71. The Hall–Kier alpha value is -1.54. The summed E-state index contributed by atoms with van der Waals surface area (Å²) >= 11 is 0. The van der Waals surface area contributed by atoms with Crippen molar-refractivity contribution in [1.29, 1.82) is 0 Å². The van der Waals surface area contributed by atoms with Gasteiger partial charge in [0, 0.05) is 74.1 Å². The molecule has 2 saturated heterocycles. The summed E-state index contributed by atoms with van der Waals surface area (Å²) < 4.78 is 12.5. The van der Waals surface area contributed by atoms with Crippen LogP contribution in [-0.4, -0.2) is 56.1 Å².